The standard InChI is InChI=1S/C13H22N4/c1-4-13(6-7-13)8-15-12-10(3)11(14-5-2)16-9-17-12/h9H,4-8H2,1-3H3,(H2,14,15,16,17). The highest BCUT2D eigenvalue weighted by molar-refractivity contribution is 5.56. The molecule has 0 saturated heterocycles. The Hall–Kier alpha value is -1.32. The molecule has 0 aliphatic heterocycles. The second-order valence-electron chi connectivity index (χ2n) is 4.93. The molecule has 4 heteroatoms. The Kier molecular flexibility index (Phi) is 3.50. The van der Waals surface area contributed by atoms with E-state index in [1.165, 1.54) is 19.3 Å². The van der Waals surface area contributed by atoms with Crippen molar-refractivity contribution in [2.45, 2.75) is 40.0 Å². The van der Waals surface area contributed by atoms with Gasteiger partial charge in [-0.05, 0) is 38.5 Å². The summed E-state index contributed by atoms with van der Waals surface area (Å²) in [4.78, 5) is 8.57. The fraction of sp³-hybridized carbons (Fsp3) is 0.692. The van der Waals surface area contributed by atoms with E-state index < -0.39 is 0 Å². The normalized spacial score (nSPS) is 16.6. The van der Waals surface area contributed by atoms with Crippen LogP contribution in [0.1, 0.15) is 38.7 Å². The average Bonchev–Trinajstić information content (AvgIpc) is 3.11. The molecule has 17 heavy (non-hydrogen) atoms. The first kappa shape index (κ1) is 12.1. The highest BCUT2D eigenvalue weighted by Crippen LogP contribution is 2.48. The molecule has 1 aromatic rings. The van der Waals surface area contributed by atoms with Crippen molar-refractivity contribution >= 4 is 11.6 Å². The summed E-state index contributed by atoms with van der Waals surface area (Å²) in [6, 6.07) is 0. The molecule has 1 aliphatic carbocycles. The molecule has 94 valence electrons. The zero-order chi connectivity index (χ0) is 12.3. The lowest BCUT2D eigenvalue weighted by atomic mass is 10.0. The largest absolute Gasteiger partial charge is 0.370 e. The van der Waals surface area contributed by atoms with Crippen LogP contribution in [0.15, 0.2) is 6.33 Å². The molecule has 0 radical (unpaired) electrons. The van der Waals surface area contributed by atoms with Gasteiger partial charge >= 0.3 is 0 Å². The minimum absolute atomic E-state index is 0.537. The highest BCUT2D eigenvalue weighted by Gasteiger charge is 2.40. The van der Waals surface area contributed by atoms with Crippen molar-refractivity contribution in [3.63, 3.8) is 0 Å². The Labute approximate surface area is 103 Å². The van der Waals surface area contributed by atoms with Crippen molar-refractivity contribution in [3.05, 3.63) is 11.9 Å². The highest BCUT2D eigenvalue weighted by atomic mass is 15.1. The number of hydrogen-bond acceptors (Lipinski definition) is 4. The Balaban J connectivity index is 2.03. The van der Waals surface area contributed by atoms with Crippen LogP contribution >= 0.6 is 0 Å². The van der Waals surface area contributed by atoms with E-state index in [2.05, 4.69) is 41.4 Å². The van der Waals surface area contributed by atoms with Crippen molar-refractivity contribution in [3.8, 4) is 0 Å². The van der Waals surface area contributed by atoms with Crippen LogP contribution in [0.2, 0.25) is 0 Å². The predicted molar refractivity (Wildman–Crippen MR) is 71.4 cm³/mol. The van der Waals surface area contributed by atoms with Crippen LogP contribution in [0.25, 0.3) is 0 Å². The third-order valence-electron chi connectivity index (χ3n) is 3.77. The second kappa shape index (κ2) is 4.90. The van der Waals surface area contributed by atoms with Gasteiger partial charge in [0.1, 0.15) is 18.0 Å². The first-order chi connectivity index (χ1) is 8.21. The summed E-state index contributed by atoms with van der Waals surface area (Å²) >= 11 is 0. The van der Waals surface area contributed by atoms with Crippen LogP contribution in [-0.2, 0) is 0 Å². The maximum absolute atomic E-state index is 4.32. The van der Waals surface area contributed by atoms with E-state index in [9.17, 15) is 0 Å². The fourth-order valence-corrected chi connectivity index (χ4v) is 2.08. The van der Waals surface area contributed by atoms with Gasteiger partial charge in [-0.15, -0.1) is 0 Å². The smallest absolute Gasteiger partial charge is 0.134 e. The molecule has 0 atom stereocenters. The quantitative estimate of drug-likeness (QED) is 0.794. The second-order valence-corrected chi connectivity index (χ2v) is 4.93. The van der Waals surface area contributed by atoms with Crippen LogP contribution in [-0.4, -0.2) is 23.1 Å². The van der Waals surface area contributed by atoms with Crippen LogP contribution in [0.3, 0.4) is 0 Å². The molecular formula is C13H22N4. The molecule has 1 heterocycles. The first-order valence-electron chi connectivity index (χ1n) is 6.50. The van der Waals surface area contributed by atoms with Gasteiger partial charge in [-0.3, -0.25) is 0 Å². The molecule has 1 fully saturated rings. The summed E-state index contributed by atoms with van der Waals surface area (Å²) in [7, 11) is 0. The topological polar surface area (TPSA) is 49.8 Å². The van der Waals surface area contributed by atoms with Crippen LogP contribution in [0.5, 0.6) is 0 Å². The van der Waals surface area contributed by atoms with Crippen molar-refractivity contribution in [2.75, 3.05) is 23.7 Å². The van der Waals surface area contributed by atoms with Crippen molar-refractivity contribution in [1.29, 1.82) is 0 Å². The Morgan fingerprint density at radius 1 is 1.18 bits per heavy atom. The molecule has 0 spiro atoms. The summed E-state index contributed by atoms with van der Waals surface area (Å²) in [5.74, 6) is 1.90. The number of anilines is 2. The molecule has 1 aliphatic rings. The van der Waals surface area contributed by atoms with Gasteiger partial charge in [0, 0.05) is 18.7 Å². The third-order valence-corrected chi connectivity index (χ3v) is 3.77. The monoisotopic (exact) mass is 234 g/mol. The maximum atomic E-state index is 4.32. The van der Waals surface area contributed by atoms with Gasteiger partial charge in [0.15, 0.2) is 0 Å². The van der Waals surface area contributed by atoms with Crippen LogP contribution in [0, 0.1) is 12.3 Å². The molecule has 2 N–H and O–H groups in total. The van der Waals surface area contributed by atoms with Gasteiger partial charge in [0.05, 0.1) is 0 Å². The molecule has 0 unspecified atom stereocenters. The third kappa shape index (κ3) is 2.68. The maximum Gasteiger partial charge on any atom is 0.134 e. The van der Waals surface area contributed by atoms with E-state index >= 15 is 0 Å². The number of rotatable bonds is 6. The Morgan fingerprint density at radius 2 is 1.82 bits per heavy atom. The molecule has 0 aromatic carbocycles. The molecule has 1 saturated carbocycles. The lowest BCUT2D eigenvalue weighted by molar-refractivity contribution is 0.520. The van der Waals surface area contributed by atoms with E-state index in [1.54, 1.807) is 6.33 Å². The number of nitrogens with zero attached hydrogens (tertiary/aromatic N) is 2. The van der Waals surface area contributed by atoms with E-state index in [-0.39, 0.29) is 0 Å². The molecular weight excluding hydrogens is 212 g/mol. The zero-order valence-corrected chi connectivity index (χ0v) is 11.0. The van der Waals surface area contributed by atoms with Gasteiger partial charge in [-0.1, -0.05) is 6.92 Å². The minimum Gasteiger partial charge on any atom is -0.370 e. The number of aromatic nitrogens is 2. The van der Waals surface area contributed by atoms with Crippen LogP contribution < -0.4 is 10.6 Å². The van der Waals surface area contributed by atoms with Gasteiger partial charge in [0.2, 0.25) is 0 Å². The summed E-state index contributed by atoms with van der Waals surface area (Å²) in [5, 5.41) is 6.73. The van der Waals surface area contributed by atoms with Crippen molar-refractivity contribution in [1.82, 2.24) is 9.97 Å². The van der Waals surface area contributed by atoms with Gasteiger partial charge < -0.3 is 10.6 Å². The van der Waals surface area contributed by atoms with E-state index in [1.807, 2.05) is 0 Å². The van der Waals surface area contributed by atoms with Gasteiger partial charge in [-0.2, -0.15) is 0 Å². The van der Waals surface area contributed by atoms with Crippen molar-refractivity contribution in [2.24, 2.45) is 5.41 Å². The Bertz CT molecular complexity index is 385. The molecule has 0 amide bonds. The lowest BCUT2D eigenvalue weighted by Gasteiger charge is -2.16. The summed E-state index contributed by atoms with van der Waals surface area (Å²) in [5.41, 5.74) is 1.65. The number of nitrogens with one attached hydrogen (secondary N) is 2. The van der Waals surface area contributed by atoms with Crippen LogP contribution in [0.4, 0.5) is 11.6 Å². The Morgan fingerprint density at radius 3 is 2.35 bits per heavy atom. The van der Waals surface area contributed by atoms with Crippen molar-refractivity contribution < 1.29 is 0 Å². The van der Waals surface area contributed by atoms with E-state index in [4.69, 9.17) is 0 Å². The molecule has 2 rings (SSSR count). The number of hydrogen-bond donors (Lipinski definition) is 2. The lowest BCUT2D eigenvalue weighted by Crippen LogP contribution is -2.16. The summed E-state index contributed by atoms with van der Waals surface area (Å²) < 4.78 is 0. The molecule has 0 bridgehead atoms. The molecule has 1 aromatic heterocycles. The van der Waals surface area contributed by atoms with E-state index in [0.717, 1.165) is 30.3 Å². The summed E-state index contributed by atoms with van der Waals surface area (Å²) in [6.45, 7) is 8.32. The SMILES string of the molecule is CCNc1ncnc(NCC2(CC)CC2)c1C. The van der Waals surface area contributed by atoms with E-state index in [0.29, 0.717) is 5.41 Å². The van der Waals surface area contributed by atoms with Gasteiger partial charge in [0.25, 0.3) is 0 Å². The zero-order valence-electron chi connectivity index (χ0n) is 11.0. The average molecular weight is 234 g/mol. The first-order valence-corrected chi connectivity index (χ1v) is 6.50. The predicted octanol–water partition coefficient (Wildman–Crippen LogP) is 2.82. The fourth-order valence-electron chi connectivity index (χ4n) is 2.08. The summed E-state index contributed by atoms with van der Waals surface area (Å²) in [6.07, 6.45) is 5.57. The minimum atomic E-state index is 0.537. The van der Waals surface area contributed by atoms with Gasteiger partial charge in [-0.25, -0.2) is 9.97 Å². The molecule has 4 nitrogen and oxygen atoms in total.